The number of sulfonamides is 1. The number of ether oxygens (including phenoxy) is 1. The zero-order chi connectivity index (χ0) is 29.5. The van der Waals surface area contributed by atoms with Crippen molar-refractivity contribution in [3.8, 4) is 5.75 Å². The summed E-state index contributed by atoms with van der Waals surface area (Å²) in [6.45, 7) is 7.28. The highest BCUT2D eigenvalue weighted by Crippen LogP contribution is 2.23. The molecule has 2 amide bonds. The second kappa shape index (κ2) is 13.0. The maximum Gasteiger partial charge on any atom is 0.244 e. The molecule has 1 N–H and O–H groups in total. The van der Waals surface area contributed by atoms with Gasteiger partial charge in [-0.3, -0.25) is 13.9 Å². The van der Waals surface area contributed by atoms with E-state index in [4.69, 9.17) is 4.74 Å². The molecule has 40 heavy (non-hydrogen) atoms. The van der Waals surface area contributed by atoms with E-state index < -0.39 is 34.1 Å². The number of benzene rings is 3. The summed E-state index contributed by atoms with van der Waals surface area (Å²) in [6, 6.07) is 22.8. The highest BCUT2D eigenvalue weighted by atomic mass is 32.2. The van der Waals surface area contributed by atoms with Crippen LogP contribution in [0.1, 0.15) is 37.5 Å². The van der Waals surface area contributed by atoms with E-state index in [0.717, 1.165) is 27.3 Å². The number of amides is 2. The summed E-state index contributed by atoms with van der Waals surface area (Å²) >= 11 is 0. The molecular weight excluding hydrogens is 526 g/mol. The lowest BCUT2D eigenvalue weighted by Gasteiger charge is -2.35. The third-order valence-electron chi connectivity index (χ3n) is 6.28. The van der Waals surface area contributed by atoms with Crippen LogP contribution >= 0.6 is 0 Å². The van der Waals surface area contributed by atoms with Crippen molar-refractivity contribution in [3.05, 3.63) is 95.6 Å². The number of methoxy groups -OCH3 is 1. The van der Waals surface area contributed by atoms with E-state index in [1.807, 2.05) is 82.3 Å². The number of carbonyl (C=O) groups excluding carboxylic acids is 2. The molecule has 0 unspecified atom stereocenters. The molecule has 3 rings (SSSR count). The third kappa shape index (κ3) is 8.84. The second-order valence-electron chi connectivity index (χ2n) is 10.9. The number of nitrogens with zero attached hydrogens (tertiary/aromatic N) is 2. The van der Waals surface area contributed by atoms with Crippen LogP contribution in [0.4, 0.5) is 5.69 Å². The number of aryl methyl sites for hydroxylation is 1. The lowest BCUT2D eigenvalue weighted by atomic mass is 10.0. The molecule has 0 spiro atoms. The van der Waals surface area contributed by atoms with Crippen molar-refractivity contribution in [2.75, 3.05) is 24.2 Å². The van der Waals surface area contributed by atoms with E-state index in [1.165, 1.54) is 12.0 Å². The highest BCUT2D eigenvalue weighted by molar-refractivity contribution is 7.92. The zero-order valence-electron chi connectivity index (χ0n) is 24.0. The van der Waals surface area contributed by atoms with Crippen molar-refractivity contribution in [1.29, 1.82) is 0 Å². The Kier molecular flexibility index (Phi) is 9.98. The highest BCUT2D eigenvalue weighted by Gasteiger charge is 2.34. The summed E-state index contributed by atoms with van der Waals surface area (Å²) in [5.41, 5.74) is 2.57. The summed E-state index contributed by atoms with van der Waals surface area (Å²) in [4.78, 5) is 29.3. The van der Waals surface area contributed by atoms with Crippen LogP contribution in [-0.2, 0) is 32.6 Å². The lowest BCUT2D eigenvalue weighted by Crippen LogP contribution is -2.56. The molecule has 8 nitrogen and oxygen atoms in total. The van der Waals surface area contributed by atoms with Crippen LogP contribution in [0.5, 0.6) is 5.75 Å². The Morgan fingerprint density at radius 1 is 0.900 bits per heavy atom. The largest absolute Gasteiger partial charge is 0.497 e. The number of anilines is 1. The SMILES string of the molecule is COc1ccc(N(CC(=O)N(Cc2ccc(C)cc2)[C@@H](Cc2ccccc2)C(=O)NC(C)(C)C)S(C)(=O)=O)cc1. The van der Waals surface area contributed by atoms with Gasteiger partial charge in [0.1, 0.15) is 18.3 Å². The van der Waals surface area contributed by atoms with E-state index in [9.17, 15) is 18.0 Å². The summed E-state index contributed by atoms with van der Waals surface area (Å²) in [5, 5.41) is 3.02. The molecule has 0 aliphatic heterocycles. The maximum absolute atomic E-state index is 14.1. The first-order valence-electron chi connectivity index (χ1n) is 13.1. The standard InChI is InChI=1S/C31H39N3O5S/c1-23-12-14-25(15-13-23)21-33(28(30(36)32-31(2,3)4)20-24-10-8-7-9-11-24)29(35)22-34(40(6,37)38)26-16-18-27(39-5)19-17-26/h7-19,28H,20-22H2,1-6H3,(H,32,36)/t28-/m0/s1. The van der Waals surface area contributed by atoms with Crippen molar-refractivity contribution in [2.45, 2.75) is 52.2 Å². The van der Waals surface area contributed by atoms with Crippen molar-refractivity contribution < 1.29 is 22.7 Å². The van der Waals surface area contributed by atoms with Crippen LogP contribution in [-0.4, -0.2) is 56.6 Å². The molecule has 0 heterocycles. The number of hydrogen-bond donors (Lipinski definition) is 1. The molecule has 0 radical (unpaired) electrons. The first-order valence-corrected chi connectivity index (χ1v) is 14.9. The summed E-state index contributed by atoms with van der Waals surface area (Å²) in [7, 11) is -2.31. The Morgan fingerprint density at radius 3 is 2.02 bits per heavy atom. The topological polar surface area (TPSA) is 96.0 Å². The van der Waals surface area contributed by atoms with Gasteiger partial charge in [-0.15, -0.1) is 0 Å². The Morgan fingerprint density at radius 2 is 1.50 bits per heavy atom. The molecule has 0 saturated carbocycles. The van der Waals surface area contributed by atoms with Crippen LogP contribution in [0.25, 0.3) is 0 Å². The van der Waals surface area contributed by atoms with Gasteiger partial charge in [-0.2, -0.15) is 0 Å². The van der Waals surface area contributed by atoms with Crippen molar-refractivity contribution in [2.24, 2.45) is 0 Å². The third-order valence-corrected chi connectivity index (χ3v) is 7.42. The van der Waals surface area contributed by atoms with Gasteiger partial charge in [0.2, 0.25) is 21.8 Å². The fraction of sp³-hybridized carbons (Fsp3) is 0.355. The first-order chi connectivity index (χ1) is 18.8. The molecule has 1 atom stereocenters. The molecular formula is C31H39N3O5S. The van der Waals surface area contributed by atoms with Crippen LogP contribution in [0.3, 0.4) is 0 Å². The lowest BCUT2D eigenvalue weighted by molar-refractivity contribution is -0.140. The van der Waals surface area contributed by atoms with E-state index in [2.05, 4.69) is 5.32 Å². The van der Waals surface area contributed by atoms with Crippen molar-refractivity contribution in [1.82, 2.24) is 10.2 Å². The van der Waals surface area contributed by atoms with E-state index in [-0.39, 0.29) is 18.9 Å². The monoisotopic (exact) mass is 565 g/mol. The van der Waals surface area contributed by atoms with E-state index in [1.54, 1.807) is 24.3 Å². The van der Waals surface area contributed by atoms with Crippen LogP contribution in [0.15, 0.2) is 78.9 Å². The van der Waals surface area contributed by atoms with Gasteiger partial charge in [0.05, 0.1) is 19.1 Å². The van der Waals surface area contributed by atoms with Gasteiger partial charge in [0.15, 0.2) is 0 Å². The van der Waals surface area contributed by atoms with Gasteiger partial charge in [-0.25, -0.2) is 8.42 Å². The summed E-state index contributed by atoms with van der Waals surface area (Å²) in [6.07, 6.45) is 1.32. The van der Waals surface area contributed by atoms with Gasteiger partial charge in [0.25, 0.3) is 0 Å². The molecule has 0 fully saturated rings. The van der Waals surface area contributed by atoms with Crippen LogP contribution in [0, 0.1) is 6.92 Å². The van der Waals surface area contributed by atoms with Gasteiger partial charge in [-0.1, -0.05) is 60.2 Å². The zero-order valence-corrected chi connectivity index (χ0v) is 24.9. The Bertz CT molecular complexity index is 1380. The maximum atomic E-state index is 14.1. The first kappa shape index (κ1) is 30.7. The molecule has 0 aliphatic carbocycles. The Balaban J connectivity index is 2.05. The number of nitrogens with one attached hydrogen (secondary N) is 1. The minimum absolute atomic E-state index is 0.133. The average molecular weight is 566 g/mol. The van der Waals surface area contributed by atoms with Crippen molar-refractivity contribution in [3.63, 3.8) is 0 Å². The molecule has 9 heteroatoms. The fourth-order valence-corrected chi connectivity index (χ4v) is 5.11. The van der Waals surface area contributed by atoms with Crippen molar-refractivity contribution >= 4 is 27.5 Å². The van der Waals surface area contributed by atoms with Gasteiger partial charge < -0.3 is 15.0 Å². The number of carbonyl (C=O) groups is 2. The molecule has 0 saturated heterocycles. The minimum Gasteiger partial charge on any atom is -0.497 e. The van der Waals surface area contributed by atoms with E-state index in [0.29, 0.717) is 11.4 Å². The molecule has 0 bridgehead atoms. The van der Waals surface area contributed by atoms with Gasteiger partial charge in [0, 0.05) is 18.5 Å². The van der Waals surface area contributed by atoms with Crippen LogP contribution in [0.2, 0.25) is 0 Å². The number of hydrogen-bond acceptors (Lipinski definition) is 5. The molecule has 0 aliphatic rings. The molecule has 214 valence electrons. The average Bonchev–Trinajstić information content (AvgIpc) is 2.89. The summed E-state index contributed by atoms with van der Waals surface area (Å²) in [5.74, 6) is -0.245. The molecule has 3 aromatic rings. The van der Waals surface area contributed by atoms with Crippen LogP contribution < -0.4 is 14.4 Å². The van der Waals surface area contributed by atoms with E-state index >= 15 is 0 Å². The van der Waals surface area contributed by atoms with Gasteiger partial charge in [-0.05, 0) is 63.1 Å². The quantitative estimate of drug-likeness (QED) is 0.374. The molecule has 0 aromatic heterocycles. The normalized spacial score (nSPS) is 12.3. The predicted molar refractivity (Wildman–Crippen MR) is 159 cm³/mol. The Hall–Kier alpha value is -3.85. The predicted octanol–water partition coefficient (Wildman–Crippen LogP) is 4.32. The Labute approximate surface area is 238 Å². The fourth-order valence-electron chi connectivity index (χ4n) is 4.26. The van der Waals surface area contributed by atoms with Gasteiger partial charge >= 0.3 is 0 Å². The molecule has 3 aromatic carbocycles. The smallest absolute Gasteiger partial charge is 0.244 e. The number of rotatable bonds is 11. The second-order valence-corrected chi connectivity index (χ2v) is 12.8. The minimum atomic E-state index is -3.83. The summed E-state index contributed by atoms with van der Waals surface area (Å²) < 4.78 is 32.0.